The van der Waals surface area contributed by atoms with Gasteiger partial charge in [0.05, 0.1) is 15.9 Å². The molecule has 2 N–H and O–H groups in total. The van der Waals surface area contributed by atoms with Crippen LogP contribution in [0.3, 0.4) is 0 Å². The first kappa shape index (κ1) is 19.8. The van der Waals surface area contributed by atoms with Gasteiger partial charge in [0.15, 0.2) is 11.2 Å². The summed E-state index contributed by atoms with van der Waals surface area (Å²) in [5, 5.41) is 6.07. The third-order valence-electron chi connectivity index (χ3n) is 4.61. The molecule has 0 saturated heterocycles. The predicted octanol–water partition coefficient (Wildman–Crippen LogP) is 3.40. The molecule has 0 bridgehead atoms. The van der Waals surface area contributed by atoms with Crippen LogP contribution in [0.4, 0.5) is 16.5 Å². The Hall–Kier alpha value is -3.46. The first-order valence-corrected chi connectivity index (χ1v) is 10.3. The molecule has 2 aromatic carbocycles. The van der Waals surface area contributed by atoms with Crippen molar-refractivity contribution in [2.75, 3.05) is 22.1 Å². The number of hydrogen-bond acceptors (Lipinski definition) is 6. The number of benzene rings is 2. The summed E-state index contributed by atoms with van der Waals surface area (Å²) in [4.78, 5) is 42.6. The molecule has 9 heteroatoms. The minimum atomic E-state index is -0.657. The van der Waals surface area contributed by atoms with Crippen molar-refractivity contribution < 1.29 is 19.1 Å². The zero-order chi connectivity index (χ0) is 21.3. The van der Waals surface area contributed by atoms with E-state index in [0.29, 0.717) is 34.2 Å². The van der Waals surface area contributed by atoms with Gasteiger partial charge >= 0.3 is 0 Å². The number of carbonyl (C=O) groups excluding carboxylic acids is 3. The molecule has 1 atom stereocenters. The lowest BCUT2D eigenvalue weighted by Crippen LogP contribution is -2.47. The number of nitrogens with zero attached hydrogens (tertiary/aromatic N) is 2. The highest BCUT2D eigenvalue weighted by Gasteiger charge is 2.32. The molecule has 3 amide bonds. The van der Waals surface area contributed by atoms with Crippen molar-refractivity contribution in [2.45, 2.75) is 26.4 Å². The number of ether oxygens (including phenoxy) is 1. The van der Waals surface area contributed by atoms with E-state index in [2.05, 4.69) is 15.6 Å². The maximum absolute atomic E-state index is 12.6. The SMILES string of the molecule is CCC(=O)Nc1nc2cc(NC(=O)CN3C(=O)[C@@H](C)Oc4ccccc43)ccc2s1. The van der Waals surface area contributed by atoms with Crippen LogP contribution in [0.25, 0.3) is 10.2 Å². The van der Waals surface area contributed by atoms with E-state index in [4.69, 9.17) is 4.74 Å². The van der Waals surface area contributed by atoms with Gasteiger partial charge in [-0.15, -0.1) is 0 Å². The Morgan fingerprint density at radius 1 is 1.17 bits per heavy atom. The molecule has 4 rings (SSSR count). The minimum Gasteiger partial charge on any atom is -0.479 e. The van der Waals surface area contributed by atoms with Gasteiger partial charge < -0.3 is 15.4 Å². The second-order valence-corrected chi connectivity index (χ2v) is 7.83. The fraction of sp³-hybridized carbons (Fsp3) is 0.238. The standard InChI is InChI=1S/C21H20N4O4S/c1-3-18(26)24-21-23-14-10-13(8-9-17(14)30-21)22-19(27)11-25-15-6-4-5-7-16(15)29-12(2)20(25)28/h4-10,12H,3,11H2,1-2H3,(H,22,27)(H,23,24,26)/t12-/m1/s1. The third-order valence-corrected chi connectivity index (χ3v) is 5.57. The third kappa shape index (κ3) is 3.97. The molecule has 3 aromatic rings. The molecule has 0 unspecified atom stereocenters. The number of rotatable bonds is 5. The number of aromatic nitrogens is 1. The van der Waals surface area contributed by atoms with E-state index < -0.39 is 6.10 Å². The van der Waals surface area contributed by atoms with Crippen molar-refractivity contribution in [1.82, 2.24) is 4.98 Å². The smallest absolute Gasteiger partial charge is 0.268 e. The average molecular weight is 424 g/mol. The summed E-state index contributed by atoms with van der Waals surface area (Å²) in [5.41, 5.74) is 1.81. The van der Waals surface area contributed by atoms with Crippen molar-refractivity contribution in [3.05, 3.63) is 42.5 Å². The number of amides is 3. The highest BCUT2D eigenvalue weighted by molar-refractivity contribution is 7.22. The molecule has 0 radical (unpaired) electrons. The summed E-state index contributed by atoms with van der Waals surface area (Å²) in [6.07, 6.45) is -0.282. The quantitative estimate of drug-likeness (QED) is 0.654. The van der Waals surface area contributed by atoms with Crippen LogP contribution in [0.5, 0.6) is 5.75 Å². The Labute approximate surface area is 176 Å². The van der Waals surface area contributed by atoms with Crippen LogP contribution in [0, 0.1) is 0 Å². The number of carbonyl (C=O) groups is 3. The topological polar surface area (TPSA) is 101 Å². The van der Waals surface area contributed by atoms with Crippen molar-refractivity contribution in [1.29, 1.82) is 0 Å². The van der Waals surface area contributed by atoms with Crippen LogP contribution in [0.15, 0.2) is 42.5 Å². The van der Waals surface area contributed by atoms with Gasteiger partial charge in [0.2, 0.25) is 11.8 Å². The predicted molar refractivity (Wildman–Crippen MR) is 116 cm³/mol. The summed E-state index contributed by atoms with van der Waals surface area (Å²) < 4.78 is 6.49. The Morgan fingerprint density at radius 3 is 2.77 bits per heavy atom. The zero-order valence-corrected chi connectivity index (χ0v) is 17.3. The molecule has 1 aliphatic rings. The monoisotopic (exact) mass is 424 g/mol. The van der Waals surface area contributed by atoms with Gasteiger partial charge in [0, 0.05) is 12.1 Å². The number of fused-ring (bicyclic) bond motifs is 2. The molecule has 0 fully saturated rings. The van der Waals surface area contributed by atoms with E-state index in [1.807, 2.05) is 12.1 Å². The Bertz CT molecular complexity index is 1140. The molecular weight excluding hydrogens is 404 g/mol. The number of thiazole rings is 1. The van der Waals surface area contributed by atoms with Crippen molar-refractivity contribution in [3.63, 3.8) is 0 Å². The van der Waals surface area contributed by atoms with Gasteiger partial charge in [0.25, 0.3) is 5.91 Å². The Balaban J connectivity index is 1.49. The lowest BCUT2D eigenvalue weighted by atomic mass is 10.2. The molecule has 154 valence electrons. The molecule has 0 spiro atoms. The number of nitrogens with one attached hydrogen (secondary N) is 2. The van der Waals surface area contributed by atoms with Gasteiger partial charge in [-0.05, 0) is 37.3 Å². The van der Waals surface area contributed by atoms with Gasteiger partial charge in [-0.3, -0.25) is 19.3 Å². The van der Waals surface area contributed by atoms with Crippen molar-refractivity contribution in [3.8, 4) is 5.75 Å². The summed E-state index contributed by atoms with van der Waals surface area (Å²) in [6.45, 7) is 3.30. The first-order chi connectivity index (χ1) is 14.4. The minimum absolute atomic E-state index is 0.104. The van der Waals surface area contributed by atoms with Gasteiger partial charge in [-0.2, -0.15) is 0 Å². The largest absolute Gasteiger partial charge is 0.479 e. The summed E-state index contributed by atoms with van der Waals surface area (Å²) in [7, 11) is 0. The van der Waals surface area contributed by atoms with Crippen molar-refractivity contribution in [2.24, 2.45) is 0 Å². The second-order valence-electron chi connectivity index (χ2n) is 6.80. The van der Waals surface area contributed by atoms with E-state index in [0.717, 1.165) is 4.70 Å². The lowest BCUT2D eigenvalue weighted by molar-refractivity contribution is -0.127. The summed E-state index contributed by atoms with van der Waals surface area (Å²) >= 11 is 1.37. The van der Waals surface area contributed by atoms with Crippen LogP contribution >= 0.6 is 11.3 Å². The van der Waals surface area contributed by atoms with Crippen LogP contribution in [-0.4, -0.2) is 35.4 Å². The highest BCUT2D eigenvalue weighted by atomic mass is 32.1. The molecule has 0 saturated carbocycles. The van der Waals surface area contributed by atoms with Crippen LogP contribution in [0.2, 0.25) is 0 Å². The Kier molecular flexibility index (Phi) is 5.37. The second kappa shape index (κ2) is 8.11. The van der Waals surface area contributed by atoms with Crippen LogP contribution < -0.4 is 20.3 Å². The normalized spacial score (nSPS) is 15.5. The van der Waals surface area contributed by atoms with E-state index in [-0.39, 0.29) is 24.3 Å². The molecule has 0 aliphatic carbocycles. The lowest BCUT2D eigenvalue weighted by Gasteiger charge is -2.32. The van der Waals surface area contributed by atoms with Crippen LogP contribution in [-0.2, 0) is 14.4 Å². The molecular formula is C21H20N4O4S. The highest BCUT2D eigenvalue weighted by Crippen LogP contribution is 2.33. The van der Waals surface area contributed by atoms with E-state index in [9.17, 15) is 14.4 Å². The van der Waals surface area contributed by atoms with E-state index >= 15 is 0 Å². The Morgan fingerprint density at radius 2 is 1.97 bits per heavy atom. The number of para-hydroxylation sites is 2. The van der Waals surface area contributed by atoms with Gasteiger partial charge in [0.1, 0.15) is 12.3 Å². The molecule has 2 heterocycles. The van der Waals surface area contributed by atoms with Crippen molar-refractivity contribution >= 4 is 55.8 Å². The van der Waals surface area contributed by atoms with E-state index in [1.54, 1.807) is 44.2 Å². The molecule has 1 aromatic heterocycles. The average Bonchev–Trinajstić information content (AvgIpc) is 3.12. The fourth-order valence-corrected chi connectivity index (χ4v) is 3.99. The van der Waals surface area contributed by atoms with Crippen LogP contribution in [0.1, 0.15) is 20.3 Å². The molecule has 30 heavy (non-hydrogen) atoms. The van der Waals surface area contributed by atoms with Gasteiger partial charge in [-0.1, -0.05) is 30.4 Å². The summed E-state index contributed by atoms with van der Waals surface area (Å²) in [5.74, 6) is -0.133. The summed E-state index contributed by atoms with van der Waals surface area (Å²) in [6, 6.07) is 12.5. The maximum atomic E-state index is 12.6. The number of hydrogen-bond donors (Lipinski definition) is 2. The van der Waals surface area contributed by atoms with Gasteiger partial charge in [-0.25, -0.2) is 4.98 Å². The molecule has 8 nitrogen and oxygen atoms in total. The molecule has 1 aliphatic heterocycles. The first-order valence-electron chi connectivity index (χ1n) is 9.52. The fourth-order valence-electron chi connectivity index (χ4n) is 3.13. The van der Waals surface area contributed by atoms with E-state index in [1.165, 1.54) is 16.2 Å². The maximum Gasteiger partial charge on any atom is 0.268 e. The zero-order valence-electron chi connectivity index (χ0n) is 16.5. The number of anilines is 3.